The summed E-state index contributed by atoms with van der Waals surface area (Å²) < 4.78 is 0. The van der Waals surface area contributed by atoms with Gasteiger partial charge in [-0.25, -0.2) is 0 Å². The predicted octanol–water partition coefficient (Wildman–Crippen LogP) is 4.06. The molecule has 1 unspecified atom stereocenters. The summed E-state index contributed by atoms with van der Waals surface area (Å²) in [6, 6.07) is 13.5. The van der Waals surface area contributed by atoms with Crippen LogP contribution in [0.4, 0.5) is 22.7 Å². The maximum absolute atomic E-state index is 10.8. The first-order valence-corrected chi connectivity index (χ1v) is 8.17. The molecule has 0 bridgehead atoms. The van der Waals surface area contributed by atoms with Gasteiger partial charge < -0.3 is 10.6 Å². The Bertz CT molecular complexity index is 842. The minimum atomic E-state index is -0.553. The lowest BCUT2D eigenvalue weighted by molar-refractivity contribution is -0.384. The fourth-order valence-electron chi connectivity index (χ4n) is 2.51. The maximum atomic E-state index is 10.8. The van der Waals surface area contributed by atoms with Crippen LogP contribution in [0.1, 0.15) is 19.4 Å². The number of non-ortho nitro benzene ring substituents is 1. The third kappa shape index (κ3) is 4.40. The van der Waals surface area contributed by atoms with Crippen molar-refractivity contribution in [3.8, 4) is 6.07 Å². The van der Waals surface area contributed by atoms with E-state index in [0.29, 0.717) is 12.2 Å². The molecule has 1 atom stereocenters. The largest absolute Gasteiger partial charge is 0.368 e. The quantitative estimate of drug-likeness (QED) is 0.457. The molecule has 0 amide bonds. The molecule has 0 aliphatic heterocycles. The third-order valence-corrected chi connectivity index (χ3v) is 3.98. The molecule has 0 saturated heterocycles. The van der Waals surface area contributed by atoms with Gasteiger partial charge in [0.1, 0.15) is 11.8 Å². The molecule has 134 valence electrons. The fraction of sp³-hybridized carbons (Fsp3) is 0.278. The van der Waals surface area contributed by atoms with Gasteiger partial charge in [-0.3, -0.25) is 10.1 Å². The highest BCUT2D eigenvalue weighted by atomic mass is 16.6. The van der Waals surface area contributed by atoms with E-state index in [2.05, 4.69) is 29.0 Å². The first-order valence-electron chi connectivity index (χ1n) is 8.17. The molecule has 8 heteroatoms. The lowest BCUT2D eigenvalue weighted by atomic mass is 10.2. The van der Waals surface area contributed by atoms with Crippen LogP contribution in [0.25, 0.3) is 0 Å². The minimum absolute atomic E-state index is 0.105. The van der Waals surface area contributed by atoms with Gasteiger partial charge in [-0.1, -0.05) is 0 Å². The molecule has 0 saturated carbocycles. The van der Waals surface area contributed by atoms with Crippen molar-refractivity contribution in [2.24, 2.45) is 16.0 Å². The smallest absolute Gasteiger partial charge is 0.270 e. The van der Waals surface area contributed by atoms with Crippen LogP contribution in [0.3, 0.4) is 0 Å². The standard InChI is InChI=1S/C18H20N6O2/c1-3-23(13(2)11-19)16-6-4-15(5-7-16)21-22-18-9-8-17(24(25)26)10-14(18)12-20/h4-10,13H,3,11,19H2,1-2H3. The van der Waals surface area contributed by atoms with Crippen molar-refractivity contribution < 1.29 is 4.92 Å². The number of benzene rings is 2. The Morgan fingerprint density at radius 3 is 2.50 bits per heavy atom. The van der Waals surface area contributed by atoms with Crippen LogP contribution in [0.15, 0.2) is 52.7 Å². The Morgan fingerprint density at radius 1 is 1.27 bits per heavy atom. The van der Waals surface area contributed by atoms with Crippen LogP contribution in [-0.4, -0.2) is 24.1 Å². The zero-order valence-electron chi connectivity index (χ0n) is 14.7. The van der Waals surface area contributed by atoms with Gasteiger partial charge in [0.15, 0.2) is 0 Å². The average Bonchev–Trinajstić information content (AvgIpc) is 2.67. The van der Waals surface area contributed by atoms with E-state index in [1.807, 2.05) is 30.3 Å². The normalized spacial score (nSPS) is 11.9. The number of nitrogens with two attached hydrogens (primary N) is 1. The number of nitrogens with zero attached hydrogens (tertiary/aromatic N) is 5. The highest BCUT2D eigenvalue weighted by Crippen LogP contribution is 2.27. The number of likely N-dealkylation sites (N-methyl/N-ethyl adjacent to an activating group) is 1. The molecule has 0 fully saturated rings. The molecule has 0 heterocycles. The first-order chi connectivity index (χ1) is 12.5. The predicted molar refractivity (Wildman–Crippen MR) is 100.0 cm³/mol. The summed E-state index contributed by atoms with van der Waals surface area (Å²) in [5, 5.41) is 28.1. The topological polar surface area (TPSA) is 121 Å². The van der Waals surface area contributed by atoms with Crippen LogP contribution < -0.4 is 10.6 Å². The zero-order valence-corrected chi connectivity index (χ0v) is 14.7. The van der Waals surface area contributed by atoms with Gasteiger partial charge in [-0.15, -0.1) is 5.11 Å². The van der Waals surface area contributed by atoms with Crippen molar-refractivity contribution in [1.82, 2.24) is 0 Å². The van der Waals surface area contributed by atoms with Crippen LogP contribution in [-0.2, 0) is 0 Å². The third-order valence-electron chi connectivity index (χ3n) is 3.98. The van der Waals surface area contributed by atoms with E-state index in [1.54, 1.807) is 0 Å². The van der Waals surface area contributed by atoms with E-state index in [4.69, 9.17) is 11.0 Å². The Balaban J connectivity index is 2.21. The Kier molecular flexibility index (Phi) is 6.36. The van der Waals surface area contributed by atoms with Gasteiger partial charge in [0, 0.05) is 37.0 Å². The molecule has 0 radical (unpaired) electrons. The van der Waals surface area contributed by atoms with Crippen molar-refractivity contribution in [2.45, 2.75) is 19.9 Å². The number of nitriles is 1. The van der Waals surface area contributed by atoms with E-state index in [1.165, 1.54) is 18.2 Å². The minimum Gasteiger partial charge on any atom is -0.368 e. The van der Waals surface area contributed by atoms with Gasteiger partial charge in [-0.2, -0.15) is 10.4 Å². The van der Waals surface area contributed by atoms with Crippen molar-refractivity contribution in [1.29, 1.82) is 5.26 Å². The van der Waals surface area contributed by atoms with Crippen LogP contribution in [0.2, 0.25) is 0 Å². The SMILES string of the molecule is CCN(c1ccc(N=Nc2ccc([N+](=O)[O-])cc2C#N)cc1)C(C)CN. The molecule has 26 heavy (non-hydrogen) atoms. The van der Waals surface area contributed by atoms with E-state index >= 15 is 0 Å². The first kappa shape index (κ1) is 19.0. The van der Waals surface area contributed by atoms with Gasteiger partial charge in [-0.05, 0) is 44.2 Å². The molecule has 2 rings (SSSR count). The lowest BCUT2D eigenvalue weighted by Crippen LogP contribution is -2.38. The number of hydrogen-bond acceptors (Lipinski definition) is 7. The highest BCUT2D eigenvalue weighted by molar-refractivity contribution is 5.58. The van der Waals surface area contributed by atoms with E-state index in [9.17, 15) is 10.1 Å². The van der Waals surface area contributed by atoms with Crippen molar-refractivity contribution in [3.05, 3.63) is 58.1 Å². The molecule has 2 aromatic carbocycles. The molecule has 0 spiro atoms. The lowest BCUT2D eigenvalue weighted by Gasteiger charge is -2.29. The summed E-state index contributed by atoms with van der Waals surface area (Å²) in [4.78, 5) is 12.4. The Morgan fingerprint density at radius 2 is 1.96 bits per heavy atom. The summed E-state index contributed by atoms with van der Waals surface area (Å²) >= 11 is 0. The molecule has 0 aliphatic carbocycles. The van der Waals surface area contributed by atoms with E-state index in [-0.39, 0.29) is 23.0 Å². The molecular weight excluding hydrogens is 332 g/mol. The number of anilines is 1. The highest BCUT2D eigenvalue weighted by Gasteiger charge is 2.12. The molecule has 8 nitrogen and oxygen atoms in total. The van der Waals surface area contributed by atoms with Gasteiger partial charge in [0.25, 0.3) is 5.69 Å². The van der Waals surface area contributed by atoms with Gasteiger partial charge >= 0.3 is 0 Å². The summed E-state index contributed by atoms with van der Waals surface area (Å²) in [6.07, 6.45) is 0. The van der Waals surface area contributed by atoms with E-state index in [0.717, 1.165) is 12.2 Å². The Hall–Kier alpha value is -3.31. The number of azo groups is 1. The molecular formula is C18H20N6O2. The molecule has 0 aromatic heterocycles. The van der Waals surface area contributed by atoms with Gasteiger partial charge in [0.2, 0.25) is 0 Å². The summed E-state index contributed by atoms with van der Waals surface area (Å²) in [5.41, 5.74) is 7.64. The Labute approximate surface area is 151 Å². The monoisotopic (exact) mass is 352 g/mol. The van der Waals surface area contributed by atoms with Crippen molar-refractivity contribution in [3.63, 3.8) is 0 Å². The second-order valence-electron chi connectivity index (χ2n) is 5.66. The molecule has 2 N–H and O–H groups in total. The number of hydrogen-bond donors (Lipinski definition) is 1. The zero-order chi connectivity index (χ0) is 19.1. The van der Waals surface area contributed by atoms with Crippen molar-refractivity contribution >= 4 is 22.7 Å². The number of nitro groups is 1. The molecule has 2 aromatic rings. The van der Waals surface area contributed by atoms with Crippen molar-refractivity contribution in [2.75, 3.05) is 18.0 Å². The van der Waals surface area contributed by atoms with Crippen LogP contribution in [0.5, 0.6) is 0 Å². The van der Waals surface area contributed by atoms with Crippen LogP contribution >= 0.6 is 0 Å². The summed E-state index contributed by atoms with van der Waals surface area (Å²) in [6.45, 7) is 5.53. The second kappa shape index (κ2) is 8.69. The summed E-state index contributed by atoms with van der Waals surface area (Å²) in [7, 11) is 0. The average molecular weight is 352 g/mol. The summed E-state index contributed by atoms with van der Waals surface area (Å²) in [5.74, 6) is 0. The van der Waals surface area contributed by atoms with Crippen LogP contribution in [0, 0.1) is 21.4 Å². The fourth-order valence-corrected chi connectivity index (χ4v) is 2.51. The molecule has 0 aliphatic rings. The maximum Gasteiger partial charge on any atom is 0.270 e. The van der Waals surface area contributed by atoms with E-state index < -0.39 is 4.92 Å². The number of nitro benzene ring substituents is 1. The van der Waals surface area contributed by atoms with Gasteiger partial charge in [0.05, 0.1) is 16.2 Å². The second-order valence-corrected chi connectivity index (χ2v) is 5.66. The number of rotatable bonds is 7.